The van der Waals surface area contributed by atoms with Crippen LogP contribution in [0.3, 0.4) is 0 Å². The van der Waals surface area contributed by atoms with Crippen LogP contribution in [0, 0.1) is 29.6 Å². The van der Waals surface area contributed by atoms with Gasteiger partial charge >= 0.3 is 0 Å². The Bertz CT molecular complexity index is 633. The molecular formula is C24H42N4O2. The van der Waals surface area contributed by atoms with E-state index in [2.05, 4.69) is 41.6 Å². The van der Waals surface area contributed by atoms with Gasteiger partial charge in [0.15, 0.2) is 0 Å². The summed E-state index contributed by atoms with van der Waals surface area (Å²) in [6, 6.07) is 1.67. The van der Waals surface area contributed by atoms with Crippen molar-refractivity contribution in [2.45, 2.75) is 89.9 Å². The van der Waals surface area contributed by atoms with E-state index in [0.717, 1.165) is 58.0 Å². The molecule has 0 aromatic rings. The molecule has 0 bridgehead atoms. The maximum atomic E-state index is 13.4. The van der Waals surface area contributed by atoms with Crippen LogP contribution < -0.4 is 16.0 Å². The van der Waals surface area contributed by atoms with Gasteiger partial charge < -0.3 is 20.9 Å². The van der Waals surface area contributed by atoms with E-state index >= 15 is 0 Å². The highest BCUT2D eigenvalue weighted by Gasteiger charge is 2.47. The summed E-state index contributed by atoms with van der Waals surface area (Å²) in [5.74, 6) is 2.07. The summed E-state index contributed by atoms with van der Waals surface area (Å²) >= 11 is 0. The lowest BCUT2D eigenvalue weighted by Crippen LogP contribution is -2.60. The van der Waals surface area contributed by atoms with Gasteiger partial charge in [-0.3, -0.25) is 9.59 Å². The third-order valence-electron chi connectivity index (χ3n) is 8.74. The minimum Gasteiger partial charge on any atom is -0.352 e. The smallest absolute Gasteiger partial charge is 0.225 e. The minimum absolute atomic E-state index is 0.0610. The fourth-order valence-corrected chi connectivity index (χ4v) is 6.65. The zero-order valence-corrected chi connectivity index (χ0v) is 19.3. The molecule has 3 saturated heterocycles. The van der Waals surface area contributed by atoms with E-state index in [1.165, 1.54) is 0 Å². The molecular weight excluding hydrogens is 376 g/mol. The summed E-state index contributed by atoms with van der Waals surface area (Å²) < 4.78 is 0. The number of nitrogens with one attached hydrogen (secondary N) is 3. The molecule has 3 N–H and O–H groups in total. The van der Waals surface area contributed by atoms with Crippen LogP contribution in [0.25, 0.3) is 0 Å². The average molecular weight is 419 g/mol. The van der Waals surface area contributed by atoms with Gasteiger partial charge in [0.05, 0.1) is 0 Å². The second-order valence-corrected chi connectivity index (χ2v) is 10.9. The lowest BCUT2D eigenvalue weighted by atomic mass is 9.64. The number of amides is 2. The summed E-state index contributed by atoms with van der Waals surface area (Å²) in [6.07, 6.45) is 7.11. The molecule has 9 atom stereocenters. The summed E-state index contributed by atoms with van der Waals surface area (Å²) in [5, 5.41) is 10.4. The summed E-state index contributed by atoms with van der Waals surface area (Å²) in [5.41, 5.74) is 0. The highest BCUT2D eigenvalue weighted by Crippen LogP contribution is 2.44. The van der Waals surface area contributed by atoms with Gasteiger partial charge in [0.1, 0.15) is 0 Å². The molecule has 1 saturated carbocycles. The fourth-order valence-electron chi connectivity index (χ4n) is 6.65. The van der Waals surface area contributed by atoms with E-state index in [9.17, 15) is 9.59 Å². The molecule has 2 amide bonds. The molecule has 1 aliphatic carbocycles. The number of carbonyl (C=O) groups is 2. The Labute approximate surface area is 182 Å². The second-order valence-electron chi connectivity index (χ2n) is 10.9. The zero-order chi connectivity index (χ0) is 21.4. The number of piperidine rings is 3. The van der Waals surface area contributed by atoms with Gasteiger partial charge in [-0.05, 0) is 76.5 Å². The third-order valence-corrected chi connectivity index (χ3v) is 8.74. The number of nitrogens with zero attached hydrogens (tertiary/aromatic N) is 1. The Morgan fingerprint density at radius 1 is 0.967 bits per heavy atom. The van der Waals surface area contributed by atoms with E-state index in [-0.39, 0.29) is 23.8 Å². The minimum atomic E-state index is 0.0610. The van der Waals surface area contributed by atoms with E-state index in [1.807, 2.05) is 7.05 Å². The Kier molecular flexibility index (Phi) is 6.73. The molecule has 3 aliphatic heterocycles. The van der Waals surface area contributed by atoms with Gasteiger partial charge in [0.2, 0.25) is 11.8 Å². The molecule has 0 aromatic carbocycles. The van der Waals surface area contributed by atoms with Crippen LogP contribution in [0.1, 0.15) is 65.7 Å². The number of hydrogen-bond acceptors (Lipinski definition) is 4. The normalized spacial score (nSPS) is 45.0. The highest BCUT2D eigenvalue weighted by molar-refractivity contribution is 5.81. The van der Waals surface area contributed by atoms with Crippen molar-refractivity contribution in [2.75, 3.05) is 20.1 Å². The number of hydrogen-bond donors (Lipinski definition) is 3. The van der Waals surface area contributed by atoms with Crippen LogP contribution in [-0.2, 0) is 9.59 Å². The first-order chi connectivity index (χ1) is 14.3. The highest BCUT2D eigenvalue weighted by atomic mass is 16.2. The van der Waals surface area contributed by atoms with Crippen molar-refractivity contribution in [2.24, 2.45) is 29.6 Å². The van der Waals surface area contributed by atoms with Crippen LogP contribution in [0.15, 0.2) is 0 Å². The van der Waals surface area contributed by atoms with Gasteiger partial charge in [0, 0.05) is 56.1 Å². The predicted molar refractivity (Wildman–Crippen MR) is 119 cm³/mol. The molecule has 0 spiro atoms. The molecule has 0 radical (unpaired) electrons. The molecule has 4 fully saturated rings. The van der Waals surface area contributed by atoms with Crippen LogP contribution in [0.5, 0.6) is 0 Å². The molecule has 6 nitrogen and oxygen atoms in total. The standard InChI is InChI=1S/C24H42N4O2/c1-14-5-7-17(23(29)27-19-8-6-15(2)26-13-19)10-20(14)21-11-18-12-25-16(3)9-22(18)28(4)24(21)30/h14-22,25-26H,5-13H2,1-4H3,(H,27,29). The van der Waals surface area contributed by atoms with Gasteiger partial charge in [-0.1, -0.05) is 6.92 Å². The van der Waals surface area contributed by atoms with Crippen LogP contribution >= 0.6 is 0 Å². The van der Waals surface area contributed by atoms with Crippen molar-refractivity contribution in [3.63, 3.8) is 0 Å². The van der Waals surface area contributed by atoms with Crippen LogP contribution in [0.4, 0.5) is 0 Å². The summed E-state index contributed by atoms with van der Waals surface area (Å²) in [6.45, 7) is 8.61. The maximum Gasteiger partial charge on any atom is 0.225 e. The Balaban J connectivity index is 1.39. The SMILES string of the molecule is CC1CCC(NC(=O)C2CCC(C)C(C3CC4CNC(C)CC4N(C)C3=O)C2)CN1. The molecule has 170 valence electrons. The zero-order valence-electron chi connectivity index (χ0n) is 19.3. The quantitative estimate of drug-likeness (QED) is 0.657. The van der Waals surface area contributed by atoms with Crippen LogP contribution in [0.2, 0.25) is 0 Å². The Morgan fingerprint density at radius 2 is 1.73 bits per heavy atom. The molecule has 6 heteroatoms. The average Bonchev–Trinajstić information content (AvgIpc) is 2.73. The van der Waals surface area contributed by atoms with Gasteiger partial charge in [-0.2, -0.15) is 0 Å². The van der Waals surface area contributed by atoms with Crippen LogP contribution in [-0.4, -0.2) is 61.0 Å². The molecule has 4 aliphatic rings. The molecule has 9 unspecified atom stereocenters. The summed E-state index contributed by atoms with van der Waals surface area (Å²) in [7, 11) is 2.01. The first-order valence-corrected chi connectivity index (χ1v) is 12.4. The molecule has 0 aromatic heterocycles. The van der Waals surface area contributed by atoms with E-state index < -0.39 is 0 Å². The Hall–Kier alpha value is -1.14. The number of likely N-dealkylation sites (tertiary alicyclic amines) is 1. The van der Waals surface area contributed by atoms with E-state index in [0.29, 0.717) is 41.8 Å². The first-order valence-electron chi connectivity index (χ1n) is 12.4. The number of rotatable bonds is 3. The largest absolute Gasteiger partial charge is 0.352 e. The van der Waals surface area contributed by atoms with E-state index in [1.54, 1.807) is 0 Å². The molecule has 4 rings (SSSR count). The predicted octanol–water partition coefficient (Wildman–Crippen LogP) is 2.14. The first kappa shape index (κ1) is 22.1. The van der Waals surface area contributed by atoms with Crippen molar-refractivity contribution in [3.05, 3.63) is 0 Å². The summed E-state index contributed by atoms with van der Waals surface area (Å²) in [4.78, 5) is 28.5. The van der Waals surface area contributed by atoms with E-state index in [4.69, 9.17) is 0 Å². The molecule has 3 heterocycles. The van der Waals surface area contributed by atoms with Crippen molar-refractivity contribution >= 4 is 11.8 Å². The van der Waals surface area contributed by atoms with Crippen molar-refractivity contribution in [1.82, 2.24) is 20.9 Å². The maximum absolute atomic E-state index is 13.4. The fraction of sp³-hybridized carbons (Fsp3) is 0.917. The second kappa shape index (κ2) is 9.15. The van der Waals surface area contributed by atoms with Gasteiger partial charge in [-0.25, -0.2) is 0 Å². The third kappa shape index (κ3) is 4.55. The van der Waals surface area contributed by atoms with Crippen molar-refractivity contribution in [3.8, 4) is 0 Å². The lowest BCUT2D eigenvalue weighted by Gasteiger charge is -2.50. The molecule has 30 heavy (non-hydrogen) atoms. The topological polar surface area (TPSA) is 73.5 Å². The number of fused-ring (bicyclic) bond motifs is 1. The Morgan fingerprint density at radius 3 is 2.47 bits per heavy atom. The van der Waals surface area contributed by atoms with Gasteiger partial charge in [-0.15, -0.1) is 0 Å². The lowest BCUT2D eigenvalue weighted by molar-refractivity contribution is -0.149. The number of carbonyl (C=O) groups excluding carboxylic acids is 2. The monoisotopic (exact) mass is 418 g/mol. The van der Waals surface area contributed by atoms with Gasteiger partial charge in [0.25, 0.3) is 0 Å². The van der Waals surface area contributed by atoms with Crippen molar-refractivity contribution < 1.29 is 9.59 Å². The van der Waals surface area contributed by atoms with Crippen molar-refractivity contribution in [1.29, 1.82) is 0 Å².